The fourth-order valence-electron chi connectivity index (χ4n) is 1.77. The Morgan fingerprint density at radius 1 is 1.30 bits per heavy atom. The summed E-state index contributed by atoms with van der Waals surface area (Å²) in [6.45, 7) is 1.61. The zero-order valence-corrected chi connectivity index (χ0v) is 12.4. The normalized spacial score (nSPS) is 10.5. The molecule has 0 radical (unpaired) electrons. The average Bonchev–Trinajstić information content (AvgIpc) is 2.54. The van der Waals surface area contributed by atoms with Crippen LogP contribution in [-0.4, -0.2) is 17.0 Å². The summed E-state index contributed by atoms with van der Waals surface area (Å²) in [5.41, 5.74) is 3.88. The van der Waals surface area contributed by atoms with Crippen LogP contribution in [0.1, 0.15) is 18.1 Å². The zero-order chi connectivity index (χ0) is 16.7. The van der Waals surface area contributed by atoms with Crippen LogP contribution in [0.4, 0.5) is 5.69 Å². The van der Waals surface area contributed by atoms with Crippen molar-refractivity contribution in [3.8, 4) is 5.75 Å². The van der Waals surface area contributed by atoms with Crippen molar-refractivity contribution in [3.05, 3.63) is 69.8 Å². The molecule has 0 aliphatic carbocycles. The van der Waals surface area contributed by atoms with Gasteiger partial charge >= 0.3 is 0 Å². The number of amides is 1. The number of carbonyl (C=O) groups is 1. The van der Waals surface area contributed by atoms with E-state index in [1.54, 1.807) is 36.4 Å². The topological polar surface area (TPSA) is 93.8 Å². The maximum absolute atomic E-state index is 10.7. The summed E-state index contributed by atoms with van der Waals surface area (Å²) < 4.78 is 5.59. The van der Waals surface area contributed by atoms with Crippen molar-refractivity contribution < 1.29 is 14.5 Å². The molecule has 7 nitrogen and oxygen atoms in total. The number of non-ortho nitro benzene ring substituents is 1. The van der Waals surface area contributed by atoms with Crippen molar-refractivity contribution in [2.45, 2.75) is 13.5 Å². The zero-order valence-electron chi connectivity index (χ0n) is 12.4. The van der Waals surface area contributed by atoms with Gasteiger partial charge in [0.15, 0.2) is 0 Å². The van der Waals surface area contributed by atoms with E-state index in [4.69, 9.17) is 4.74 Å². The molecule has 7 heteroatoms. The third-order valence-corrected chi connectivity index (χ3v) is 2.84. The van der Waals surface area contributed by atoms with Crippen LogP contribution in [0, 0.1) is 10.1 Å². The molecule has 0 aromatic heterocycles. The highest BCUT2D eigenvalue weighted by Gasteiger charge is 2.05. The van der Waals surface area contributed by atoms with E-state index in [9.17, 15) is 14.9 Å². The van der Waals surface area contributed by atoms with E-state index < -0.39 is 4.92 Å². The van der Waals surface area contributed by atoms with Crippen LogP contribution in [0.25, 0.3) is 0 Å². The van der Waals surface area contributed by atoms with Gasteiger partial charge in [0.05, 0.1) is 11.1 Å². The Hall–Kier alpha value is -3.22. The summed E-state index contributed by atoms with van der Waals surface area (Å²) in [6, 6.07) is 13.4. The Bertz CT molecular complexity index is 726. The monoisotopic (exact) mass is 313 g/mol. The van der Waals surface area contributed by atoms with Gasteiger partial charge in [-0.2, -0.15) is 5.10 Å². The van der Waals surface area contributed by atoms with E-state index in [-0.39, 0.29) is 18.2 Å². The lowest BCUT2D eigenvalue weighted by atomic mass is 10.2. The van der Waals surface area contributed by atoms with Gasteiger partial charge in [0.1, 0.15) is 12.4 Å². The SMILES string of the molecule is CC(=O)N/N=C\c1ccc(OCc2cccc([N+](=O)[O-])c2)cc1. The van der Waals surface area contributed by atoms with Crippen molar-refractivity contribution in [1.29, 1.82) is 0 Å². The van der Waals surface area contributed by atoms with E-state index >= 15 is 0 Å². The van der Waals surface area contributed by atoms with Crippen LogP contribution in [0.5, 0.6) is 5.75 Å². The van der Waals surface area contributed by atoms with Crippen molar-refractivity contribution in [3.63, 3.8) is 0 Å². The van der Waals surface area contributed by atoms with Gasteiger partial charge in [-0.1, -0.05) is 12.1 Å². The molecule has 118 valence electrons. The second-order valence-electron chi connectivity index (χ2n) is 4.71. The molecule has 0 aliphatic rings. The maximum Gasteiger partial charge on any atom is 0.269 e. The van der Waals surface area contributed by atoms with E-state index in [0.29, 0.717) is 5.75 Å². The van der Waals surface area contributed by atoms with Crippen LogP contribution in [0.15, 0.2) is 53.6 Å². The number of nitro groups is 1. The van der Waals surface area contributed by atoms with Crippen LogP contribution in [0.3, 0.4) is 0 Å². The number of nitrogens with zero attached hydrogens (tertiary/aromatic N) is 2. The molecular weight excluding hydrogens is 298 g/mol. The van der Waals surface area contributed by atoms with Crippen molar-refractivity contribution >= 4 is 17.8 Å². The summed E-state index contributed by atoms with van der Waals surface area (Å²) in [4.78, 5) is 21.0. The molecule has 1 amide bonds. The highest BCUT2D eigenvalue weighted by atomic mass is 16.6. The van der Waals surface area contributed by atoms with Gasteiger partial charge in [0, 0.05) is 19.1 Å². The lowest BCUT2D eigenvalue weighted by Crippen LogP contribution is -2.12. The molecule has 0 atom stereocenters. The maximum atomic E-state index is 10.7. The Morgan fingerprint density at radius 3 is 2.70 bits per heavy atom. The van der Waals surface area contributed by atoms with Gasteiger partial charge in [0.2, 0.25) is 5.91 Å². The van der Waals surface area contributed by atoms with Gasteiger partial charge in [-0.05, 0) is 35.4 Å². The largest absolute Gasteiger partial charge is 0.489 e. The van der Waals surface area contributed by atoms with E-state index in [2.05, 4.69) is 10.5 Å². The average molecular weight is 313 g/mol. The smallest absolute Gasteiger partial charge is 0.269 e. The summed E-state index contributed by atoms with van der Waals surface area (Å²) in [7, 11) is 0. The second-order valence-corrected chi connectivity index (χ2v) is 4.71. The molecule has 0 bridgehead atoms. The number of nitro benzene ring substituents is 1. The second kappa shape index (κ2) is 7.69. The predicted molar refractivity (Wildman–Crippen MR) is 85.3 cm³/mol. The number of hydrogen-bond acceptors (Lipinski definition) is 5. The molecule has 23 heavy (non-hydrogen) atoms. The van der Waals surface area contributed by atoms with E-state index in [1.807, 2.05) is 0 Å². The van der Waals surface area contributed by atoms with Crippen molar-refractivity contribution in [2.24, 2.45) is 5.10 Å². The number of nitrogens with one attached hydrogen (secondary N) is 1. The van der Waals surface area contributed by atoms with Crippen LogP contribution in [0.2, 0.25) is 0 Å². The minimum absolute atomic E-state index is 0.0376. The molecule has 2 aromatic carbocycles. The molecule has 2 rings (SSSR count). The summed E-state index contributed by atoms with van der Waals surface area (Å²) in [5.74, 6) is 0.395. The van der Waals surface area contributed by atoms with Gasteiger partial charge in [0.25, 0.3) is 5.69 Å². The Labute approximate surface area is 132 Å². The fourth-order valence-corrected chi connectivity index (χ4v) is 1.77. The molecule has 0 spiro atoms. The minimum Gasteiger partial charge on any atom is -0.489 e. The third kappa shape index (κ3) is 5.24. The van der Waals surface area contributed by atoms with Gasteiger partial charge in [-0.25, -0.2) is 5.43 Å². The summed E-state index contributed by atoms with van der Waals surface area (Å²) in [6.07, 6.45) is 1.52. The first-order chi connectivity index (χ1) is 11.0. The van der Waals surface area contributed by atoms with E-state index in [1.165, 1.54) is 25.3 Å². The lowest BCUT2D eigenvalue weighted by molar-refractivity contribution is -0.384. The Balaban J connectivity index is 1.93. The lowest BCUT2D eigenvalue weighted by Gasteiger charge is -2.06. The first kappa shape index (κ1) is 16.2. The molecule has 0 fully saturated rings. The minimum atomic E-state index is -0.438. The fraction of sp³-hybridized carbons (Fsp3) is 0.125. The molecule has 0 saturated heterocycles. The number of benzene rings is 2. The van der Waals surface area contributed by atoms with Gasteiger partial charge in [-0.15, -0.1) is 0 Å². The van der Waals surface area contributed by atoms with Crippen LogP contribution >= 0.6 is 0 Å². The third-order valence-electron chi connectivity index (χ3n) is 2.84. The molecule has 0 unspecified atom stereocenters. The molecule has 0 saturated carbocycles. The highest BCUT2D eigenvalue weighted by Crippen LogP contribution is 2.17. The van der Waals surface area contributed by atoms with E-state index in [0.717, 1.165) is 11.1 Å². The molecule has 0 aliphatic heterocycles. The summed E-state index contributed by atoms with van der Waals surface area (Å²) >= 11 is 0. The highest BCUT2D eigenvalue weighted by molar-refractivity contribution is 5.81. The Kier molecular flexibility index (Phi) is 5.40. The quantitative estimate of drug-likeness (QED) is 0.504. The van der Waals surface area contributed by atoms with Crippen LogP contribution in [-0.2, 0) is 11.4 Å². The first-order valence-electron chi connectivity index (χ1n) is 6.80. The molecule has 1 N–H and O–H groups in total. The van der Waals surface area contributed by atoms with Crippen molar-refractivity contribution in [2.75, 3.05) is 0 Å². The van der Waals surface area contributed by atoms with Crippen molar-refractivity contribution in [1.82, 2.24) is 5.43 Å². The molecular formula is C16H15N3O4. The van der Waals surface area contributed by atoms with Gasteiger partial charge in [-0.3, -0.25) is 14.9 Å². The number of hydrazone groups is 1. The number of carbonyl (C=O) groups excluding carboxylic acids is 1. The molecule has 0 heterocycles. The van der Waals surface area contributed by atoms with Gasteiger partial charge < -0.3 is 4.74 Å². The Morgan fingerprint density at radius 2 is 2.04 bits per heavy atom. The predicted octanol–water partition coefficient (Wildman–Crippen LogP) is 2.64. The number of rotatable bonds is 6. The first-order valence-corrected chi connectivity index (χ1v) is 6.80. The number of ether oxygens (including phenoxy) is 1. The standard InChI is InChI=1S/C16H15N3O4/c1-12(20)18-17-10-13-5-7-16(8-6-13)23-11-14-3-2-4-15(9-14)19(21)22/h2-10H,11H2,1H3,(H,18,20)/b17-10-. The molecule has 2 aromatic rings. The van der Waals surface area contributed by atoms with Crippen LogP contribution < -0.4 is 10.2 Å². The summed E-state index contributed by atoms with van der Waals surface area (Å²) in [5, 5.41) is 14.5. The number of hydrogen-bond donors (Lipinski definition) is 1.